The van der Waals surface area contributed by atoms with Gasteiger partial charge in [0.15, 0.2) is 0 Å². The molecule has 1 aliphatic carbocycles. The van der Waals surface area contributed by atoms with Crippen molar-refractivity contribution in [3.63, 3.8) is 0 Å². The Bertz CT molecular complexity index is 909. The lowest BCUT2D eigenvalue weighted by Gasteiger charge is -2.45. The molecule has 0 aliphatic heterocycles. The molecule has 0 amide bonds. The van der Waals surface area contributed by atoms with Gasteiger partial charge in [0.05, 0.1) is 0 Å². The molecule has 0 N–H and O–H groups in total. The van der Waals surface area contributed by atoms with Crippen LogP contribution in [-0.4, -0.2) is 14.4 Å². The Labute approximate surface area is 203 Å². The minimum atomic E-state index is -2.05. The molecule has 3 atom stereocenters. The summed E-state index contributed by atoms with van der Waals surface area (Å²) >= 11 is 0. The van der Waals surface area contributed by atoms with Crippen molar-refractivity contribution in [3.05, 3.63) is 77.7 Å². The van der Waals surface area contributed by atoms with E-state index in [1.54, 1.807) is 0 Å². The quantitative estimate of drug-likeness (QED) is 0.301. The van der Waals surface area contributed by atoms with E-state index in [-0.39, 0.29) is 16.6 Å². The first-order chi connectivity index (χ1) is 15.4. The molecule has 3 rings (SSSR count). The van der Waals surface area contributed by atoms with E-state index in [4.69, 9.17) is 9.16 Å². The highest BCUT2D eigenvalue weighted by Crippen LogP contribution is 2.45. The van der Waals surface area contributed by atoms with Gasteiger partial charge in [0.25, 0.3) is 14.3 Å². The van der Waals surface area contributed by atoms with Crippen LogP contribution in [0.15, 0.2) is 66.6 Å². The highest BCUT2D eigenvalue weighted by atomic mass is 28.4. The van der Waals surface area contributed by atoms with Gasteiger partial charge in [0, 0.05) is 12.0 Å². The van der Waals surface area contributed by atoms with Gasteiger partial charge in [0.2, 0.25) is 0 Å². The SMILES string of the molecule is C[C@@H]1CC[C@@H](C(C)(C)c2ccccc2)[C@H](O/C(=C\c2ccccc2)O[Si](C)(C)C(C)(C)C)C1. The first-order valence-corrected chi connectivity index (χ1v) is 15.5. The van der Waals surface area contributed by atoms with Gasteiger partial charge in [-0.1, -0.05) is 109 Å². The van der Waals surface area contributed by atoms with Gasteiger partial charge >= 0.3 is 0 Å². The first-order valence-electron chi connectivity index (χ1n) is 12.6. The Kier molecular flexibility index (Phi) is 7.83. The molecule has 1 aliphatic rings. The summed E-state index contributed by atoms with van der Waals surface area (Å²) in [4.78, 5) is 0. The molecule has 0 aromatic heterocycles. The maximum atomic E-state index is 6.89. The summed E-state index contributed by atoms with van der Waals surface area (Å²) in [6, 6.07) is 21.4. The van der Waals surface area contributed by atoms with Crippen LogP contribution in [0.1, 0.15) is 71.9 Å². The maximum absolute atomic E-state index is 6.89. The molecular formula is C30H44O2Si. The standard InChI is InChI=1S/C30H44O2Si/c1-23-19-20-26(30(5,6)25-17-13-10-14-18-25)27(21-23)31-28(22-24-15-11-9-12-16-24)32-33(7,8)29(2,3)4/h9-18,22-23,26-27H,19-21H2,1-8H3/b28-22+/t23-,26-,27-/m1/s1. The van der Waals surface area contributed by atoms with Crippen LogP contribution in [-0.2, 0) is 14.6 Å². The number of hydrogen-bond acceptors (Lipinski definition) is 2. The van der Waals surface area contributed by atoms with Crippen LogP contribution >= 0.6 is 0 Å². The van der Waals surface area contributed by atoms with Gasteiger partial charge < -0.3 is 9.16 Å². The lowest BCUT2D eigenvalue weighted by molar-refractivity contribution is -0.0457. The smallest absolute Gasteiger partial charge is 0.266 e. The van der Waals surface area contributed by atoms with E-state index in [0.717, 1.165) is 12.0 Å². The third-order valence-electron chi connectivity index (χ3n) is 8.01. The van der Waals surface area contributed by atoms with Crippen LogP contribution in [0.25, 0.3) is 6.08 Å². The predicted molar refractivity (Wildman–Crippen MR) is 144 cm³/mol. The third-order valence-corrected chi connectivity index (χ3v) is 12.3. The van der Waals surface area contributed by atoms with Crippen molar-refractivity contribution in [3.8, 4) is 0 Å². The minimum Gasteiger partial charge on any atom is -0.519 e. The van der Waals surface area contributed by atoms with Gasteiger partial charge in [-0.25, -0.2) is 0 Å². The summed E-state index contributed by atoms with van der Waals surface area (Å²) in [5.74, 6) is 1.78. The fourth-order valence-corrected chi connectivity index (χ4v) is 5.61. The van der Waals surface area contributed by atoms with Crippen LogP contribution in [0.5, 0.6) is 0 Å². The second kappa shape index (κ2) is 10.1. The molecule has 1 saturated carbocycles. The topological polar surface area (TPSA) is 18.5 Å². The Morgan fingerprint density at radius 1 is 0.879 bits per heavy atom. The third kappa shape index (κ3) is 6.32. The van der Waals surface area contributed by atoms with Crippen LogP contribution < -0.4 is 0 Å². The second-order valence-corrected chi connectivity index (χ2v) is 16.7. The summed E-state index contributed by atoms with van der Waals surface area (Å²) in [5.41, 5.74) is 2.53. The van der Waals surface area contributed by atoms with Crippen LogP contribution in [0.4, 0.5) is 0 Å². The zero-order valence-electron chi connectivity index (χ0n) is 22.0. The summed E-state index contributed by atoms with van der Waals surface area (Å²) in [7, 11) is -2.05. The molecule has 33 heavy (non-hydrogen) atoms. The van der Waals surface area contributed by atoms with E-state index < -0.39 is 8.32 Å². The normalized spacial score (nSPS) is 22.7. The Balaban J connectivity index is 1.95. The van der Waals surface area contributed by atoms with Gasteiger partial charge in [-0.2, -0.15) is 0 Å². The van der Waals surface area contributed by atoms with E-state index in [0.29, 0.717) is 17.8 Å². The first kappa shape index (κ1) is 25.6. The Morgan fingerprint density at radius 3 is 2.03 bits per heavy atom. The molecule has 0 saturated heterocycles. The molecule has 0 radical (unpaired) electrons. The number of ether oxygens (including phenoxy) is 1. The average Bonchev–Trinajstić information content (AvgIpc) is 2.74. The van der Waals surface area contributed by atoms with E-state index in [9.17, 15) is 0 Å². The maximum Gasteiger partial charge on any atom is 0.266 e. The van der Waals surface area contributed by atoms with Crippen molar-refractivity contribution < 1.29 is 9.16 Å². The van der Waals surface area contributed by atoms with E-state index in [2.05, 4.69) is 115 Å². The molecule has 0 spiro atoms. The monoisotopic (exact) mass is 464 g/mol. The molecule has 180 valence electrons. The fraction of sp³-hybridized carbons (Fsp3) is 0.533. The zero-order chi connectivity index (χ0) is 24.3. The summed E-state index contributed by atoms with van der Waals surface area (Å²) in [6.45, 7) is 18.6. The van der Waals surface area contributed by atoms with E-state index in [1.165, 1.54) is 18.4 Å². The second-order valence-electron chi connectivity index (χ2n) is 12.0. The minimum absolute atomic E-state index is 0.0287. The predicted octanol–water partition coefficient (Wildman–Crippen LogP) is 8.81. The molecule has 1 fully saturated rings. The fourth-order valence-electron chi connectivity index (χ4n) is 4.69. The van der Waals surface area contributed by atoms with E-state index in [1.807, 2.05) is 6.07 Å². The molecule has 0 bridgehead atoms. The van der Waals surface area contributed by atoms with Gasteiger partial charge in [-0.3, -0.25) is 0 Å². The van der Waals surface area contributed by atoms with Gasteiger partial charge in [-0.05, 0) is 53.4 Å². The molecule has 2 nitrogen and oxygen atoms in total. The highest BCUT2D eigenvalue weighted by Gasteiger charge is 2.44. The number of benzene rings is 2. The molecule has 2 aromatic rings. The van der Waals surface area contributed by atoms with E-state index >= 15 is 0 Å². The summed E-state index contributed by atoms with van der Waals surface area (Å²) in [5, 5.41) is 0.106. The molecule has 3 heteroatoms. The van der Waals surface area contributed by atoms with Crippen molar-refractivity contribution in [2.75, 3.05) is 0 Å². The largest absolute Gasteiger partial charge is 0.519 e. The Hall–Kier alpha value is -2.00. The molecule has 0 unspecified atom stereocenters. The highest BCUT2D eigenvalue weighted by molar-refractivity contribution is 6.74. The number of hydrogen-bond donors (Lipinski definition) is 0. The van der Waals surface area contributed by atoms with Gasteiger partial charge in [-0.15, -0.1) is 0 Å². The van der Waals surface area contributed by atoms with Crippen LogP contribution in [0.3, 0.4) is 0 Å². The Morgan fingerprint density at radius 2 is 1.45 bits per heavy atom. The summed E-state index contributed by atoms with van der Waals surface area (Å²) in [6.07, 6.45) is 5.72. The lowest BCUT2D eigenvalue weighted by atomic mass is 9.64. The zero-order valence-corrected chi connectivity index (χ0v) is 23.0. The van der Waals surface area contributed by atoms with Crippen LogP contribution in [0, 0.1) is 11.8 Å². The summed E-state index contributed by atoms with van der Waals surface area (Å²) < 4.78 is 13.7. The molecule has 2 aromatic carbocycles. The molecule has 0 heterocycles. The average molecular weight is 465 g/mol. The van der Waals surface area contributed by atoms with Crippen molar-refractivity contribution >= 4 is 14.4 Å². The molecular weight excluding hydrogens is 420 g/mol. The van der Waals surface area contributed by atoms with Gasteiger partial charge in [0.1, 0.15) is 6.10 Å². The van der Waals surface area contributed by atoms with Crippen LogP contribution in [0.2, 0.25) is 18.1 Å². The van der Waals surface area contributed by atoms with Crippen molar-refractivity contribution in [1.82, 2.24) is 0 Å². The van der Waals surface area contributed by atoms with Crippen molar-refractivity contribution in [2.45, 2.75) is 90.5 Å². The van der Waals surface area contributed by atoms with Crippen molar-refractivity contribution in [2.24, 2.45) is 11.8 Å². The number of rotatable bonds is 7. The lowest BCUT2D eigenvalue weighted by Crippen LogP contribution is -2.44. The van der Waals surface area contributed by atoms with Crippen molar-refractivity contribution in [1.29, 1.82) is 0 Å².